The molecule has 0 spiro atoms. The highest BCUT2D eigenvalue weighted by Crippen LogP contribution is 2.14. The molecule has 1 atom stereocenters. The summed E-state index contributed by atoms with van der Waals surface area (Å²) >= 11 is 0. The number of carbonyl (C=O) groups is 2. The molecule has 1 rings (SSSR count). The van der Waals surface area contributed by atoms with E-state index in [2.05, 4.69) is 22.6 Å². The number of hydrazone groups is 1. The number of urea groups is 1. The molecule has 6 nitrogen and oxygen atoms in total. The molecule has 6 heteroatoms. The first kappa shape index (κ1) is 12.5. The van der Waals surface area contributed by atoms with E-state index in [0.29, 0.717) is 13.1 Å². The fourth-order valence-corrected chi connectivity index (χ4v) is 1.86. The molecular formula is C10H18N4O2. The van der Waals surface area contributed by atoms with Crippen LogP contribution in [0.4, 0.5) is 4.79 Å². The molecule has 0 unspecified atom stereocenters. The van der Waals surface area contributed by atoms with Crippen LogP contribution in [0, 0.1) is 5.92 Å². The Hall–Kier alpha value is -1.59. The summed E-state index contributed by atoms with van der Waals surface area (Å²) in [5.74, 6) is -0.257. The number of rotatable bonds is 4. The van der Waals surface area contributed by atoms with Gasteiger partial charge in [0, 0.05) is 19.8 Å². The van der Waals surface area contributed by atoms with Gasteiger partial charge in [-0.2, -0.15) is 5.10 Å². The predicted molar refractivity (Wildman–Crippen MR) is 61.0 cm³/mol. The van der Waals surface area contributed by atoms with Crippen molar-refractivity contribution in [3.8, 4) is 0 Å². The van der Waals surface area contributed by atoms with Gasteiger partial charge in [-0.05, 0) is 12.3 Å². The van der Waals surface area contributed by atoms with Crippen LogP contribution in [0.1, 0.15) is 20.3 Å². The van der Waals surface area contributed by atoms with Gasteiger partial charge in [0.1, 0.15) is 6.04 Å². The van der Waals surface area contributed by atoms with Crippen molar-refractivity contribution >= 4 is 18.7 Å². The lowest BCUT2D eigenvalue weighted by Crippen LogP contribution is -2.57. The summed E-state index contributed by atoms with van der Waals surface area (Å²) in [5, 5.41) is 6.08. The number of nitrogens with one attached hydrogen (secondary N) is 2. The second-order valence-electron chi connectivity index (χ2n) is 4.10. The Kier molecular flexibility index (Phi) is 4.28. The van der Waals surface area contributed by atoms with Crippen LogP contribution in [-0.4, -0.2) is 42.7 Å². The van der Waals surface area contributed by atoms with Crippen molar-refractivity contribution in [3.05, 3.63) is 0 Å². The Labute approximate surface area is 95.1 Å². The van der Waals surface area contributed by atoms with Gasteiger partial charge in [0.2, 0.25) is 0 Å². The van der Waals surface area contributed by atoms with Gasteiger partial charge >= 0.3 is 6.03 Å². The Bertz CT molecular complexity index is 291. The number of amides is 3. The molecule has 1 saturated heterocycles. The minimum Gasteiger partial charge on any atom is -0.338 e. The second-order valence-corrected chi connectivity index (χ2v) is 4.10. The molecule has 0 aromatic heterocycles. The van der Waals surface area contributed by atoms with Crippen molar-refractivity contribution in [1.82, 2.24) is 15.6 Å². The molecule has 0 aromatic carbocycles. The molecule has 3 amide bonds. The van der Waals surface area contributed by atoms with Gasteiger partial charge in [0.05, 0.1) is 0 Å². The summed E-state index contributed by atoms with van der Waals surface area (Å²) in [7, 11) is 0. The molecule has 90 valence electrons. The van der Waals surface area contributed by atoms with Crippen LogP contribution < -0.4 is 10.7 Å². The summed E-state index contributed by atoms with van der Waals surface area (Å²) in [6, 6.07) is -0.685. The van der Waals surface area contributed by atoms with Crippen LogP contribution in [0.3, 0.4) is 0 Å². The Morgan fingerprint density at radius 3 is 2.81 bits per heavy atom. The molecule has 1 fully saturated rings. The molecule has 1 heterocycles. The van der Waals surface area contributed by atoms with Crippen molar-refractivity contribution < 1.29 is 9.59 Å². The number of hydrogen-bond donors (Lipinski definition) is 2. The standard InChI is InChI=1S/C10H18N4O2/c1-7(2)8(9(15)13-11-3)14-6-4-5-12-10(14)16/h7-8H,3-6H2,1-2H3,(H,12,16)(H,13,15)/t8-/m0/s1. The van der Waals surface area contributed by atoms with E-state index in [0.717, 1.165) is 6.42 Å². The predicted octanol–water partition coefficient (Wildman–Crippen LogP) is 0.158. The Morgan fingerprint density at radius 2 is 2.31 bits per heavy atom. The van der Waals surface area contributed by atoms with Gasteiger partial charge in [0.25, 0.3) is 5.91 Å². The first-order chi connectivity index (χ1) is 7.57. The number of nitrogens with zero attached hydrogens (tertiary/aromatic N) is 2. The molecule has 0 aliphatic carbocycles. The highest BCUT2D eigenvalue weighted by Gasteiger charge is 2.33. The lowest BCUT2D eigenvalue weighted by molar-refractivity contribution is -0.127. The smallest absolute Gasteiger partial charge is 0.318 e. The summed E-state index contributed by atoms with van der Waals surface area (Å²) in [4.78, 5) is 25.0. The monoisotopic (exact) mass is 226 g/mol. The molecule has 1 aliphatic heterocycles. The van der Waals surface area contributed by atoms with E-state index in [4.69, 9.17) is 0 Å². The van der Waals surface area contributed by atoms with Crippen molar-refractivity contribution in [2.45, 2.75) is 26.3 Å². The maximum atomic E-state index is 11.8. The van der Waals surface area contributed by atoms with Crippen molar-refractivity contribution in [1.29, 1.82) is 0 Å². The van der Waals surface area contributed by atoms with Gasteiger partial charge in [-0.3, -0.25) is 4.79 Å². The maximum absolute atomic E-state index is 11.8. The highest BCUT2D eigenvalue weighted by molar-refractivity contribution is 5.87. The average molecular weight is 226 g/mol. The normalized spacial score (nSPS) is 17.9. The third-order valence-corrected chi connectivity index (χ3v) is 2.54. The van der Waals surface area contributed by atoms with E-state index in [9.17, 15) is 9.59 Å². The van der Waals surface area contributed by atoms with Crippen LogP contribution in [-0.2, 0) is 4.79 Å². The van der Waals surface area contributed by atoms with E-state index in [1.807, 2.05) is 13.8 Å². The molecule has 0 bridgehead atoms. The van der Waals surface area contributed by atoms with Crippen LogP contribution in [0.5, 0.6) is 0 Å². The van der Waals surface area contributed by atoms with E-state index >= 15 is 0 Å². The molecule has 0 saturated carbocycles. The fourth-order valence-electron chi connectivity index (χ4n) is 1.86. The zero-order valence-corrected chi connectivity index (χ0v) is 9.69. The summed E-state index contributed by atoms with van der Waals surface area (Å²) < 4.78 is 0. The summed E-state index contributed by atoms with van der Waals surface area (Å²) in [5.41, 5.74) is 2.30. The zero-order valence-electron chi connectivity index (χ0n) is 9.69. The largest absolute Gasteiger partial charge is 0.338 e. The van der Waals surface area contributed by atoms with Gasteiger partial charge in [-0.15, -0.1) is 0 Å². The van der Waals surface area contributed by atoms with Gasteiger partial charge in [-0.1, -0.05) is 13.8 Å². The fraction of sp³-hybridized carbons (Fsp3) is 0.700. The van der Waals surface area contributed by atoms with E-state index in [1.165, 1.54) is 0 Å². The first-order valence-electron chi connectivity index (χ1n) is 5.38. The average Bonchev–Trinajstić information content (AvgIpc) is 2.21. The van der Waals surface area contributed by atoms with Gasteiger partial charge < -0.3 is 10.2 Å². The summed E-state index contributed by atoms with van der Waals surface area (Å²) in [6.45, 7) is 8.27. The number of hydrogen-bond acceptors (Lipinski definition) is 3. The third kappa shape index (κ3) is 2.71. The van der Waals surface area contributed by atoms with Crippen LogP contribution >= 0.6 is 0 Å². The summed E-state index contributed by atoms with van der Waals surface area (Å²) in [6.07, 6.45) is 0.851. The maximum Gasteiger partial charge on any atom is 0.318 e. The van der Waals surface area contributed by atoms with E-state index in [-0.39, 0.29) is 17.9 Å². The number of carbonyl (C=O) groups excluding carboxylic acids is 2. The highest BCUT2D eigenvalue weighted by atomic mass is 16.2. The van der Waals surface area contributed by atoms with E-state index < -0.39 is 6.04 Å². The third-order valence-electron chi connectivity index (χ3n) is 2.54. The lowest BCUT2D eigenvalue weighted by atomic mass is 10.0. The van der Waals surface area contributed by atoms with Gasteiger partial charge in [-0.25, -0.2) is 10.2 Å². The van der Waals surface area contributed by atoms with Gasteiger partial charge in [0.15, 0.2) is 0 Å². The quantitative estimate of drug-likeness (QED) is 0.529. The minimum atomic E-state index is -0.495. The lowest BCUT2D eigenvalue weighted by Gasteiger charge is -2.35. The topological polar surface area (TPSA) is 73.8 Å². The van der Waals surface area contributed by atoms with E-state index in [1.54, 1.807) is 4.90 Å². The molecule has 2 N–H and O–H groups in total. The van der Waals surface area contributed by atoms with Crippen molar-refractivity contribution in [3.63, 3.8) is 0 Å². The Morgan fingerprint density at radius 1 is 1.62 bits per heavy atom. The van der Waals surface area contributed by atoms with Crippen LogP contribution in [0.15, 0.2) is 5.10 Å². The molecular weight excluding hydrogens is 208 g/mol. The molecule has 1 aliphatic rings. The van der Waals surface area contributed by atoms with Crippen molar-refractivity contribution in [2.75, 3.05) is 13.1 Å². The van der Waals surface area contributed by atoms with Crippen molar-refractivity contribution in [2.24, 2.45) is 11.0 Å². The molecule has 0 radical (unpaired) electrons. The zero-order chi connectivity index (χ0) is 12.1. The van der Waals surface area contributed by atoms with Crippen LogP contribution in [0.25, 0.3) is 0 Å². The van der Waals surface area contributed by atoms with Crippen LogP contribution in [0.2, 0.25) is 0 Å². The minimum absolute atomic E-state index is 0.0330. The molecule has 16 heavy (non-hydrogen) atoms. The molecule has 0 aromatic rings. The first-order valence-corrected chi connectivity index (χ1v) is 5.38. The Balaban J connectivity index is 2.79. The second kappa shape index (κ2) is 5.48. The SMILES string of the molecule is C=NNC(=O)[C@H](C(C)C)N1CCCNC1=O.